The third-order valence-corrected chi connectivity index (χ3v) is 7.30. The number of imidazole rings is 1. The second-order valence-corrected chi connectivity index (χ2v) is 9.93. The average molecular weight is 505 g/mol. The number of ether oxygens (including phenoxy) is 2. The number of nitrogens with one attached hydrogen (secondary N) is 2. The quantitative estimate of drug-likeness (QED) is 0.395. The van der Waals surface area contributed by atoms with Crippen LogP contribution in [0.15, 0.2) is 90.1 Å². The van der Waals surface area contributed by atoms with E-state index >= 15 is 0 Å². The second kappa shape index (κ2) is 9.74. The van der Waals surface area contributed by atoms with E-state index in [4.69, 9.17) is 9.47 Å². The number of rotatable bonds is 7. The van der Waals surface area contributed by atoms with Gasteiger partial charge in [0.2, 0.25) is 6.79 Å². The van der Waals surface area contributed by atoms with Crippen LogP contribution >= 0.6 is 0 Å². The number of hydrogen-bond acceptors (Lipinski definition) is 6. The molecule has 1 aliphatic rings. The van der Waals surface area contributed by atoms with E-state index in [0.717, 1.165) is 11.3 Å². The van der Waals surface area contributed by atoms with Gasteiger partial charge in [0.05, 0.1) is 16.6 Å². The molecule has 0 bridgehead atoms. The number of aromatic nitrogens is 2. The van der Waals surface area contributed by atoms with Crippen LogP contribution < -0.4 is 19.5 Å². The summed E-state index contributed by atoms with van der Waals surface area (Å²) < 4.78 is 40.6. The van der Waals surface area contributed by atoms with Crippen LogP contribution in [-0.4, -0.2) is 30.8 Å². The number of sulfonamides is 1. The van der Waals surface area contributed by atoms with Crippen LogP contribution in [0.3, 0.4) is 0 Å². The van der Waals surface area contributed by atoms with Gasteiger partial charge in [-0.05, 0) is 42.7 Å². The van der Waals surface area contributed by atoms with Crippen LogP contribution in [0.1, 0.15) is 23.0 Å². The molecule has 1 aliphatic heterocycles. The third-order valence-electron chi connectivity index (χ3n) is 5.81. The summed E-state index contributed by atoms with van der Waals surface area (Å²) in [5.41, 5.74) is 2.25. The molecule has 5 rings (SSSR count). The summed E-state index contributed by atoms with van der Waals surface area (Å²) in [7, 11) is -4.07. The number of amides is 2. The second-order valence-electron chi connectivity index (χ2n) is 8.28. The normalized spacial score (nSPS) is 13.2. The summed E-state index contributed by atoms with van der Waals surface area (Å²) in [6.07, 6.45) is 3.79. The van der Waals surface area contributed by atoms with Gasteiger partial charge in [-0.1, -0.05) is 48.5 Å². The number of nitrogens with zero attached hydrogens (tertiary/aromatic N) is 2. The topological polar surface area (TPSA) is 112 Å². The molecular weight excluding hydrogens is 480 g/mol. The SMILES string of the molecule is Cc1ccccc1S(=O)(=O)NC(=O)NC(Cc1ccccc1)c1nccn1-c1ccc2c(c1)OCO2. The highest BCUT2D eigenvalue weighted by atomic mass is 32.2. The molecule has 0 aliphatic carbocycles. The van der Waals surface area contributed by atoms with E-state index in [1.54, 1.807) is 37.5 Å². The minimum absolute atomic E-state index is 0.0432. The monoisotopic (exact) mass is 504 g/mol. The fourth-order valence-corrected chi connectivity index (χ4v) is 5.27. The average Bonchev–Trinajstić information content (AvgIpc) is 3.53. The van der Waals surface area contributed by atoms with E-state index in [1.165, 1.54) is 6.07 Å². The van der Waals surface area contributed by atoms with E-state index in [-0.39, 0.29) is 11.7 Å². The number of urea groups is 1. The van der Waals surface area contributed by atoms with Gasteiger partial charge in [-0.3, -0.25) is 0 Å². The van der Waals surface area contributed by atoms with Crippen molar-refractivity contribution in [2.45, 2.75) is 24.3 Å². The van der Waals surface area contributed by atoms with Crippen molar-refractivity contribution in [1.82, 2.24) is 19.6 Å². The van der Waals surface area contributed by atoms with E-state index in [1.807, 2.05) is 53.1 Å². The molecule has 2 N–H and O–H groups in total. The van der Waals surface area contributed by atoms with Gasteiger partial charge in [-0.25, -0.2) is 22.9 Å². The molecule has 36 heavy (non-hydrogen) atoms. The maximum atomic E-state index is 13.0. The molecule has 1 atom stereocenters. The number of hydrogen-bond donors (Lipinski definition) is 2. The molecule has 184 valence electrons. The summed E-state index contributed by atoms with van der Waals surface area (Å²) in [5.74, 6) is 1.79. The Kier molecular flexibility index (Phi) is 6.34. The standard InChI is InChI=1S/C26H24N4O5S/c1-18-7-5-6-10-24(18)36(32,33)29-26(31)28-21(15-19-8-3-2-4-9-19)25-27-13-14-30(25)20-11-12-22-23(16-20)35-17-34-22/h2-14,16,21H,15,17H2,1H3,(H2,28,29,31). The van der Waals surface area contributed by atoms with Crippen LogP contribution in [0.5, 0.6) is 11.5 Å². The zero-order valence-corrected chi connectivity index (χ0v) is 20.2. The van der Waals surface area contributed by atoms with Gasteiger partial charge in [0.1, 0.15) is 5.82 Å². The summed E-state index contributed by atoms with van der Waals surface area (Å²) >= 11 is 0. The molecule has 3 aromatic carbocycles. The summed E-state index contributed by atoms with van der Waals surface area (Å²) in [6.45, 7) is 1.83. The van der Waals surface area contributed by atoms with Crippen LogP contribution in [0.2, 0.25) is 0 Å². The maximum absolute atomic E-state index is 13.0. The predicted octanol–water partition coefficient (Wildman–Crippen LogP) is 3.88. The van der Waals surface area contributed by atoms with Crippen molar-refractivity contribution in [2.24, 2.45) is 0 Å². The minimum atomic E-state index is -4.07. The van der Waals surface area contributed by atoms with Crippen molar-refractivity contribution in [3.8, 4) is 17.2 Å². The maximum Gasteiger partial charge on any atom is 0.329 e. The summed E-state index contributed by atoms with van der Waals surface area (Å²) in [6, 6.07) is 20.1. The highest BCUT2D eigenvalue weighted by Crippen LogP contribution is 2.34. The van der Waals surface area contributed by atoms with E-state index < -0.39 is 22.1 Å². The molecule has 9 nitrogen and oxygen atoms in total. The largest absolute Gasteiger partial charge is 0.454 e. The first-order valence-corrected chi connectivity index (χ1v) is 12.8. The highest BCUT2D eigenvalue weighted by Gasteiger charge is 2.25. The lowest BCUT2D eigenvalue weighted by Crippen LogP contribution is -2.42. The van der Waals surface area contributed by atoms with E-state index in [2.05, 4.69) is 15.0 Å². The first-order chi connectivity index (χ1) is 17.4. The van der Waals surface area contributed by atoms with Crippen molar-refractivity contribution in [1.29, 1.82) is 0 Å². The molecule has 0 spiro atoms. The third kappa shape index (κ3) is 4.89. The van der Waals surface area contributed by atoms with Crippen molar-refractivity contribution in [3.63, 3.8) is 0 Å². The zero-order chi connectivity index (χ0) is 25.1. The first kappa shape index (κ1) is 23.4. The number of aryl methyl sites for hydroxylation is 1. The molecule has 4 aromatic rings. The molecule has 0 saturated heterocycles. The van der Waals surface area contributed by atoms with Crippen LogP contribution in [0, 0.1) is 6.92 Å². The number of carbonyl (C=O) groups excluding carboxylic acids is 1. The van der Waals surface area contributed by atoms with Crippen molar-refractivity contribution >= 4 is 16.1 Å². The molecule has 2 heterocycles. The molecule has 1 aromatic heterocycles. The van der Waals surface area contributed by atoms with Gasteiger partial charge in [-0.15, -0.1) is 0 Å². The van der Waals surface area contributed by atoms with Gasteiger partial charge in [0.15, 0.2) is 11.5 Å². The molecule has 2 amide bonds. The van der Waals surface area contributed by atoms with Crippen molar-refractivity contribution in [3.05, 3.63) is 102 Å². The van der Waals surface area contributed by atoms with Gasteiger partial charge < -0.3 is 19.4 Å². The highest BCUT2D eigenvalue weighted by molar-refractivity contribution is 7.90. The van der Waals surface area contributed by atoms with Gasteiger partial charge >= 0.3 is 6.03 Å². The first-order valence-electron chi connectivity index (χ1n) is 11.3. The van der Waals surface area contributed by atoms with Crippen LogP contribution in [0.25, 0.3) is 5.69 Å². The lowest BCUT2D eigenvalue weighted by molar-refractivity contribution is 0.174. The minimum Gasteiger partial charge on any atom is -0.454 e. The smallest absolute Gasteiger partial charge is 0.329 e. The van der Waals surface area contributed by atoms with Gasteiger partial charge in [0.25, 0.3) is 10.0 Å². The van der Waals surface area contributed by atoms with Crippen molar-refractivity contribution < 1.29 is 22.7 Å². The van der Waals surface area contributed by atoms with E-state index in [0.29, 0.717) is 29.3 Å². The molecular formula is C26H24N4O5S. The number of benzene rings is 3. The Morgan fingerprint density at radius 1 is 1.03 bits per heavy atom. The van der Waals surface area contributed by atoms with E-state index in [9.17, 15) is 13.2 Å². The Morgan fingerprint density at radius 3 is 2.58 bits per heavy atom. The molecule has 10 heteroatoms. The lowest BCUT2D eigenvalue weighted by atomic mass is 10.1. The van der Waals surface area contributed by atoms with Crippen LogP contribution in [0.4, 0.5) is 4.79 Å². The number of carbonyl (C=O) groups is 1. The van der Waals surface area contributed by atoms with Gasteiger partial charge in [-0.2, -0.15) is 0 Å². The predicted molar refractivity (Wildman–Crippen MR) is 133 cm³/mol. The molecule has 0 radical (unpaired) electrons. The Balaban J connectivity index is 1.44. The Hall–Kier alpha value is -4.31. The summed E-state index contributed by atoms with van der Waals surface area (Å²) in [4.78, 5) is 17.5. The fraction of sp³-hybridized carbons (Fsp3) is 0.154. The zero-order valence-electron chi connectivity index (χ0n) is 19.4. The van der Waals surface area contributed by atoms with Gasteiger partial charge in [0, 0.05) is 18.5 Å². The molecule has 0 fully saturated rings. The Bertz CT molecular complexity index is 1500. The molecule has 1 unspecified atom stereocenters. The fourth-order valence-electron chi connectivity index (χ4n) is 4.11. The number of fused-ring (bicyclic) bond motifs is 1. The Labute approximate surface area is 208 Å². The van der Waals surface area contributed by atoms with Crippen molar-refractivity contribution in [2.75, 3.05) is 6.79 Å². The summed E-state index contributed by atoms with van der Waals surface area (Å²) in [5, 5.41) is 2.81. The molecule has 0 saturated carbocycles. The lowest BCUT2D eigenvalue weighted by Gasteiger charge is -2.21. The van der Waals surface area contributed by atoms with Crippen LogP contribution in [-0.2, 0) is 16.4 Å². The Morgan fingerprint density at radius 2 is 1.78 bits per heavy atom.